The number of hydrogen-bond donors (Lipinski definition) is 1. The summed E-state index contributed by atoms with van der Waals surface area (Å²) >= 11 is 0. The molecule has 1 fully saturated rings. The van der Waals surface area contributed by atoms with Gasteiger partial charge in [0.1, 0.15) is 0 Å². The lowest BCUT2D eigenvalue weighted by molar-refractivity contribution is 0.344. The van der Waals surface area contributed by atoms with Gasteiger partial charge in [0.15, 0.2) is 0 Å². The Morgan fingerprint density at radius 1 is 1.24 bits per heavy atom. The van der Waals surface area contributed by atoms with Crippen LogP contribution in [-0.2, 0) is 0 Å². The van der Waals surface area contributed by atoms with Crippen LogP contribution in [0.4, 0.5) is 0 Å². The lowest BCUT2D eigenvalue weighted by Crippen LogP contribution is -2.35. The van der Waals surface area contributed by atoms with E-state index in [2.05, 4.69) is 39.9 Å². The van der Waals surface area contributed by atoms with Crippen LogP contribution in [-0.4, -0.2) is 12.6 Å². The van der Waals surface area contributed by atoms with Crippen molar-refractivity contribution in [1.29, 1.82) is 0 Å². The van der Waals surface area contributed by atoms with Gasteiger partial charge in [-0.25, -0.2) is 0 Å². The molecule has 0 aliphatic heterocycles. The molecule has 0 aromatic carbocycles. The van der Waals surface area contributed by atoms with Gasteiger partial charge >= 0.3 is 0 Å². The topological polar surface area (TPSA) is 12.0 Å². The van der Waals surface area contributed by atoms with Gasteiger partial charge in [-0.05, 0) is 43.1 Å². The molecule has 0 heterocycles. The maximum atomic E-state index is 3.85. The Morgan fingerprint density at radius 2 is 1.94 bits per heavy atom. The van der Waals surface area contributed by atoms with Crippen LogP contribution in [0.2, 0.25) is 0 Å². The van der Waals surface area contributed by atoms with Crippen molar-refractivity contribution >= 4 is 0 Å². The van der Waals surface area contributed by atoms with E-state index >= 15 is 0 Å². The summed E-state index contributed by atoms with van der Waals surface area (Å²) in [6.45, 7) is 13.1. The van der Waals surface area contributed by atoms with E-state index in [9.17, 15) is 0 Å². The van der Waals surface area contributed by atoms with Gasteiger partial charge in [0, 0.05) is 6.04 Å². The fourth-order valence-electron chi connectivity index (χ4n) is 3.43. The van der Waals surface area contributed by atoms with Crippen molar-refractivity contribution in [2.45, 2.75) is 79.2 Å². The molecule has 17 heavy (non-hydrogen) atoms. The summed E-state index contributed by atoms with van der Waals surface area (Å²) in [5.74, 6) is 1.75. The molecule has 0 radical (unpaired) electrons. The van der Waals surface area contributed by atoms with E-state index in [4.69, 9.17) is 0 Å². The zero-order valence-electron chi connectivity index (χ0n) is 12.7. The molecule has 1 nitrogen and oxygen atoms in total. The lowest BCUT2D eigenvalue weighted by Gasteiger charge is -2.22. The van der Waals surface area contributed by atoms with E-state index in [-0.39, 0.29) is 0 Å². The van der Waals surface area contributed by atoms with Gasteiger partial charge in [0.25, 0.3) is 0 Å². The van der Waals surface area contributed by atoms with Crippen molar-refractivity contribution in [3.8, 4) is 0 Å². The van der Waals surface area contributed by atoms with E-state index in [1.54, 1.807) is 0 Å². The Hall–Kier alpha value is -0.0400. The molecule has 0 bridgehead atoms. The highest BCUT2D eigenvalue weighted by atomic mass is 14.9. The van der Waals surface area contributed by atoms with Crippen LogP contribution in [0.1, 0.15) is 73.1 Å². The SMILES string of the molecule is CCCCC(CC)CNC1CC(C)(C)CC1C. The van der Waals surface area contributed by atoms with Gasteiger partial charge in [-0.15, -0.1) is 0 Å². The summed E-state index contributed by atoms with van der Waals surface area (Å²) in [7, 11) is 0. The van der Waals surface area contributed by atoms with Gasteiger partial charge in [0.2, 0.25) is 0 Å². The Morgan fingerprint density at radius 3 is 2.41 bits per heavy atom. The number of hydrogen-bond acceptors (Lipinski definition) is 1. The van der Waals surface area contributed by atoms with Gasteiger partial charge in [-0.3, -0.25) is 0 Å². The third-order valence-corrected chi connectivity index (χ3v) is 4.55. The molecule has 3 atom stereocenters. The predicted octanol–water partition coefficient (Wildman–Crippen LogP) is 4.62. The molecule has 1 rings (SSSR count). The Labute approximate surface area is 109 Å². The second-order valence-corrected chi connectivity index (χ2v) is 6.98. The summed E-state index contributed by atoms with van der Waals surface area (Å²) in [6, 6.07) is 0.765. The zero-order chi connectivity index (χ0) is 12.9. The van der Waals surface area contributed by atoms with Crippen molar-refractivity contribution in [3.63, 3.8) is 0 Å². The fraction of sp³-hybridized carbons (Fsp3) is 1.00. The number of rotatable bonds is 7. The normalized spacial score (nSPS) is 29.5. The summed E-state index contributed by atoms with van der Waals surface area (Å²) in [6.07, 6.45) is 8.21. The zero-order valence-corrected chi connectivity index (χ0v) is 12.7. The minimum Gasteiger partial charge on any atom is -0.313 e. The largest absolute Gasteiger partial charge is 0.313 e. The first kappa shape index (κ1) is 15.0. The average molecular weight is 239 g/mol. The molecule has 0 spiro atoms. The first-order chi connectivity index (χ1) is 7.98. The van der Waals surface area contributed by atoms with Crippen LogP contribution < -0.4 is 5.32 Å². The molecule has 1 N–H and O–H groups in total. The van der Waals surface area contributed by atoms with Crippen molar-refractivity contribution in [2.75, 3.05) is 6.54 Å². The molecule has 0 amide bonds. The molecular formula is C16H33N. The highest BCUT2D eigenvalue weighted by Crippen LogP contribution is 2.40. The van der Waals surface area contributed by atoms with Crippen LogP contribution >= 0.6 is 0 Å². The Bertz CT molecular complexity index is 210. The summed E-state index contributed by atoms with van der Waals surface area (Å²) in [5.41, 5.74) is 0.558. The first-order valence-electron chi connectivity index (χ1n) is 7.72. The molecule has 0 aromatic heterocycles. The van der Waals surface area contributed by atoms with Gasteiger partial charge in [0.05, 0.1) is 0 Å². The Kier molecular flexibility index (Phi) is 5.99. The van der Waals surface area contributed by atoms with E-state index in [0.29, 0.717) is 5.41 Å². The third kappa shape index (κ3) is 4.99. The molecule has 3 unspecified atom stereocenters. The minimum absolute atomic E-state index is 0.558. The maximum Gasteiger partial charge on any atom is 0.00980 e. The highest BCUT2D eigenvalue weighted by molar-refractivity contribution is 4.91. The van der Waals surface area contributed by atoms with E-state index < -0.39 is 0 Å². The number of unbranched alkanes of at least 4 members (excludes halogenated alkanes) is 1. The maximum absolute atomic E-state index is 3.85. The van der Waals surface area contributed by atoms with Crippen LogP contribution in [0, 0.1) is 17.3 Å². The van der Waals surface area contributed by atoms with Crippen LogP contribution in [0.3, 0.4) is 0 Å². The second kappa shape index (κ2) is 6.78. The first-order valence-corrected chi connectivity index (χ1v) is 7.72. The van der Waals surface area contributed by atoms with Crippen molar-refractivity contribution < 1.29 is 0 Å². The van der Waals surface area contributed by atoms with E-state index in [1.807, 2.05) is 0 Å². The standard InChI is InChI=1S/C16H33N/c1-6-8-9-14(7-2)12-17-15-11-16(4,5)10-13(15)3/h13-15,17H,6-12H2,1-5H3. The predicted molar refractivity (Wildman–Crippen MR) is 77.3 cm³/mol. The Balaban J connectivity index is 2.29. The quantitative estimate of drug-likeness (QED) is 0.683. The van der Waals surface area contributed by atoms with Crippen LogP contribution in [0.15, 0.2) is 0 Å². The van der Waals surface area contributed by atoms with Crippen LogP contribution in [0.25, 0.3) is 0 Å². The molecule has 0 saturated heterocycles. The van der Waals surface area contributed by atoms with E-state index in [0.717, 1.165) is 17.9 Å². The minimum atomic E-state index is 0.558. The van der Waals surface area contributed by atoms with Crippen molar-refractivity contribution in [1.82, 2.24) is 5.32 Å². The molecule has 1 aliphatic rings. The highest BCUT2D eigenvalue weighted by Gasteiger charge is 2.36. The molecule has 1 aliphatic carbocycles. The molecule has 1 saturated carbocycles. The van der Waals surface area contributed by atoms with Crippen LogP contribution in [0.5, 0.6) is 0 Å². The third-order valence-electron chi connectivity index (χ3n) is 4.55. The van der Waals surface area contributed by atoms with Crippen molar-refractivity contribution in [3.05, 3.63) is 0 Å². The second-order valence-electron chi connectivity index (χ2n) is 6.98. The van der Waals surface area contributed by atoms with Gasteiger partial charge < -0.3 is 5.32 Å². The fourth-order valence-corrected chi connectivity index (χ4v) is 3.43. The number of nitrogens with one attached hydrogen (secondary N) is 1. The summed E-state index contributed by atoms with van der Waals surface area (Å²) in [4.78, 5) is 0. The molecule has 1 heteroatoms. The smallest absolute Gasteiger partial charge is 0.00980 e. The van der Waals surface area contributed by atoms with Gasteiger partial charge in [-0.1, -0.05) is 53.9 Å². The summed E-state index contributed by atoms with van der Waals surface area (Å²) in [5, 5.41) is 3.85. The van der Waals surface area contributed by atoms with E-state index in [1.165, 1.54) is 45.1 Å². The summed E-state index contributed by atoms with van der Waals surface area (Å²) < 4.78 is 0. The van der Waals surface area contributed by atoms with Crippen molar-refractivity contribution in [2.24, 2.45) is 17.3 Å². The molecular weight excluding hydrogens is 206 g/mol. The average Bonchev–Trinajstić information content (AvgIpc) is 2.52. The van der Waals surface area contributed by atoms with Gasteiger partial charge in [-0.2, -0.15) is 0 Å². The molecule has 102 valence electrons. The molecule has 0 aromatic rings. The lowest BCUT2D eigenvalue weighted by atomic mass is 9.91. The monoisotopic (exact) mass is 239 g/mol.